The molecule has 1 atom stereocenters. The van der Waals surface area contributed by atoms with E-state index in [0.717, 1.165) is 13.1 Å². The molecule has 1 heterocycles. The molecule has 1 aromatic rings. The van der Waals surface area contributed by atoms with E-state index >= 15 is 0 Å². The molecule has 0 radical (unpaired) electrons. The van der Waals surface area contributed by atoms with E-state index in [9.17, 15) is 14.9 Å². The molecule has 1 aliphatic heterocycles. The molecular weight excluding hydrogens is 294 g/mol. The number of nitro groups is 1. The van der Waals surface area contributed by atoms with Gasteiger partial charge in [0.1, 0.15) is 0 Å². The van der Waals surface area contributed by atoms with E-state index in [1.54, 1.807) is 0 Å². The van der Waals surface area contributed by atoms with Gasteiger partial charge in [0.2, 0.25) is 0 Å². The Hall–Kier alpha value is -2.21. The fraction of sp³-hybridized carbons (Fsp3) is 0.471. The van der Waals surface area contributed by atoms with E-state index in [1.807, 2.05) is 4.90 Å². The number of rotatable bonds is 3. The highest BCUT2D eigenvalue weighted by Crippen LogP contribution is 2.19. The molecule has 1 aromatic carbocycles. The van der Waals surface area contributed by atoms with Crippen LogP contribution in [0, 0.1) is 10.1 Å². The number of amides is 1. The maximum absolute atomic E-state index is 12.5. The van der Waals surface area contributed by atoms with Gasteiger partial charge in [-0.3, -0.25) is 19.8 Å². The minimum atomic E-state index is -0.454. The molecule has 1 amide bonds. The molecule has 1 fully saturated rings. The first-order valence-corrected chi connectivity index (χ1v) is 8.09. The summed E-state index contributed by atoms with van der Waals surface area (Å²) in [5.41, 5.74) is 0.525. The Morgan fingerprint density at radius 2 is 1.83 bits per heavy atom. The quantitative estimate of drug-likeness (QED) is 0.488. The van der Waals surface area contributed by atoms with Crippen LogP contribution in [-0.4, -0.2) is 52.9 Å². The number of hydrogen-bond donors (Lipinski definition) is 0. The first kappa shape index (κ1) is 15.7. The van der Waals surface area contributed by atoms with Crippen LogP contribution in [0.1, 0.15) is 29.6 Å². The Balaban J connectivity index is 1.58. The third-order valence-corrected chi connectivity index (χ3v) is 4.62. The number of allylic oxidation sites excluding steroid dienone is 1. The summed E-state index contributed by atoms with van der Waals surface area (Å²) < 4.78 is 0. The second-order valence-corrected chi connectivity index (χ2v) is 6.06. The van der Waals surface area contributed by atoms with Gasteiger partial charge in [0.15, 0.2) is 0 Å². The second kappa shape index (κ2) is 6.91. The molecule has 2 aliphatic rings. The molecule has 6 nitrogen and oxygen atoms in total. The van der Waals surface area contributed by atoms with E-state index in [1.165, 1.54) is 43.5 Å². The maximum atomic E-state index is 12.5. The zero-order chi connectivity index (χ0) is 16.2. The van der Waals surface area contributed by atoms with E-state index in [2.05, 4.69) is 17.1 Å². The van der Waals surface area contributed by atoms with Crippen molar-refractivity contribution in [2.45, 2.75) is 25.3 Å². The Morgan fingerprint density at radius 3 is 2.39 bits per heavy atom. The smallest absolute Gasteiger partial charge is 0.269 e. The molecule has 6 heteroatoms. The Morgan fingerprint density at radius 1 is 1.13 bits per heavy atom. The van der Waals surface area contributed by atoms with Crippen LogP contribution in [0.3, 0.4) is 0 Å². The third kappa shape index (κ3) is 3.59. The lowest BCUT2D eigenvalue weighted by molar-refractivity contribution is -0.384. The molecule has 0 saturated carbocycles. The highest BCUT2D eigenvalue weighted by atomic mass is 16.6. The van der Waals surface area contributed by atoms with Gasteiger partial charge in [-0.1, -0.05) is 12.2 Å². The number of nitrogens with zero attached hydrogens (tertiary/aromatic N) is 3. The van der Waals surface area contributed by atoms with Crippen molar-refractivity contribution in [3.63, 3.8) is 0 Å². The number of carbonyl (C=O) groups excluding carboxylic acids is 1. The summed E-state index contributed by atoms with van der Waals surface area (Å²) in [6.45, 7) is 3.18. The number of benzene rings is 1. The van der Waals surface area contributed by atoms with Gasteiger partial charge in [0.05, 0.1) is 4.92 Å². The first-order chi connectivity index (χ1) is 11.1. The van der Waals surface area contributed by atoms with Crippen LogP contribution >= 0.6 is 0 Å². The molecule has 0 bridgehead atoms. The van der Waals surface area contributed by atoms with Crippen molar-refractivity contribution in [1.82, 2.24) is 9.80 Å². The molecule has 1 saturated heterocycles. The fourth-order valence-electron chi connectivity index (χ4n) is 3.26. The highest BCUT2D eigenvalue weighted by molar-refractivity contribution is 5.94. The first-order valence-electron chi connectivity index (χ1n) is 8.09. The van der Waals surface area contributed by atoms with Gasteiger partial charge in [-0.25, -0.2) is 0 Å². The van der Waals surface area contributed by atoms with E-state index in [4.69, 9.17) is 0 Å². The van der Waals surface area contributed by atoms with Gasteiger partial charge in [0, 0.05) is 49.9 Å². The molecule has 0 N–H and O–H groups in total. The Labute approximate surface area is 135 Å². The zero-order valence-corrected chi connectivity index (χ0v) is 13.1. The van der Waals surface area contributed by atoms with Crippen LogP contribution in [0.5, 0.6) is 0 Å². The topological polar surface area (TPSA) is 66.7 Å². The van der Waals surface area contributed by atoms with E-state index < -0.39 is 4.92 Å². The number of piperazine rings is 1. The summed E-state index contributed by atoms with van der Waals surface area (Å²) >= 11 is 0. The summed E-state index contributed by atoms with van der Waals surface area (Å²) in [5, 5.41) is 10.7. The lowest BCUT2D eigenvalue weighted by atomic mass is 10.0. The number of nitro benzene ring substituents is 1. The lowest BCUT2D eigenvalue weighted by Gasteiger charge is -2.39. The predicted molar refractivity (Wildman–Crippen MR) is 87.4 cm³/mol. The normalized spacial score (nSPS) is 22.1. The third-order valence-electron chi connectivity index (χ3n) is 4.62. The van der Waals surface area contributed by atoms with E-state index in [0.29, 0.717) is 24.7 Å². The van der Waals surface area contributed by atoms with Crippen molar-refractivity contribution < 1.29 is 9.72 Å². The van der Waals surface area contributed by atoms with E-state index in [-0.39, 0.29) is 11.6 Å². The minimum absolute atomic E-state index is 0.00968. The summed E-state index contributed by atoms with van der Waals surface area (Å²) in [6, 6.07) is 6.36. The van der Waals surface area contributed by atoms with Crippen LogP contribution in [0.2, 0.25) is 0 Å². The Bertz CT molecular complexity index is 604. The van der Waals surface area contributed by atoms with Gasteiger partial charge in [-0.05, 0) is 31.4 Å². The molecule has 3 rings (SSSR count). The van der Waals surface area contributed by atoms with Crippen LogP contribution < -0.4 is 0 Å². The molecule has 0 spiro atoms. The van der Waals surface area contributed by atoms with Gasteiger partial charge >= 0.3 is 0 Å². The minimum Gasteiger partial charge on any atom is -0.336 e. The van der Waals surface area contributed by atoms with Crippen LogP contribution in [-0.2, 0) is 0 Å². The van der Waals surface area contributed by atoms with Crippen LogP contribution in [0.25, 0.3) is 0 Å². The Kier molecular flexibility index (Phi) is 4.71. The standard InChI is InChI=1S/C17H21N3O3/c21-17(14-6-8-16(9-7-14)20(22)23)19-12-10-18(11-13-19)15-4-2-1-3-5-15/h2,4,6-9,15H,1,3,5,10-13H2/t15-/m1/s1. The summed E-state index contributed by atoms with van der Waals surface area (Å²) in [7, 11) is 0. The van der Waals surface area contributed by atoms with Crippen LogP contribution in [0.15, 0.2) is 36.4 Å². The monoisotopic (exact) mass is 315 g/mol. The summed E-state index contributed by atoms with van der Waals surface area (Å²) in [4.78, 5) is 27.0. The van der Waals surface area contributed by atoms with Crippen molar-refractivity contribution in [3.8, 4) is 0 Å². The highest BCUT2D eigenvalue weighted by Gasteiger charge is 2.26. The fourth-order valence-corrected chi connectivity index (χ4v) is 3.26. The van der Waals surface area contributed by atoms with Crippen molar-refractivity contribution in [2.75, 3.05) is 26.2 Å². The molecule has 0 unspecified atom stereocenters. The molecule has 122 valence electrons. The van der Waals surface area contributed by atoms with Crippen molar-refractivity contribution >= 4 is 11.6 Å². The summed E-state index contributed by atoms with van der Waals surface area (Å²) in [5.74, 6) is -0.0428. The van der Waals surface area contributed by atoms with Crippen molar-refractivity contribution in [1.29, 1.82) is 0 Å². The predicted octanol–water partition coefficient (Wildman–Crippen LogP) is 2.46. The second-order valence-electron chi connectivity index (χ2n) is 6.06. The average molecular weight is 315 g/mol. The number of hydrogen-bond acceptors (Lipinski definition) is 4. The van der Waals surface area contributed by atoms with Crippen LogP contribution in [0.4, 0.5) is 5.69 Å². The van der Waals surface area contributed by atoms with Gasteiger partial charge < -0.3 is 4.90 Å². The molecule has 1 aliphatic carbocycles. The molecular formula is C17H21N3O3. The van der Waals surface area contributed by atoms with Gasteiger partial charge in [-0.15, -0.1) is 0 Å². The molecule has 0 aromatic heterocycles. The SMILES string of the molecule is O=C(c1ccc([N+](=O)[O-])cc1)N1CCN([C@@H]2C=CCCC2)CC1. The maximum Gasteiger partial charge on any atom is 0.269 e. The average Bonchev–Trinajstić information content (AvgIpc) is 2.62. The van der Waals surface area contributed by atoms with Crippen molar-refractivity contribution in [3.05, 3.63) is 52.1 Å². The van der Waals surface area contributed by atoms with Crippen molar-refractivity contribution in [2.24, 2.45) is 0 Å². The lowest BCUT2D eigenvalue weighted by Crippen LogP contribution is -2.51. The van der Waals surface area contributed by atoms with Gasteiger partial charge in [0.25, 0.3) is 11.6 Å². The summed E-state index contributed by atoms with van der Waals surface area (Å²) in [6.07, 6.45) is 8.16. The number of non-ortho nitro benzene ring substituents is 1. The largest absolute Gasteiger partial charge is 0.336 e. The molecule has 23 heavy (non-hydrogen) atoms. The van der Waals surface area contributed by atoms with Gasteiger partial charge in [-0.2, -0.15) is 0 Å². The zero-order valence-electron chi connectivity index (χ0n) is 13.1. The number of carbonyl (C=O) groups is 1.